The Morgan fingerprint density at radius 3 is 2.43 bits per heavy atom. The number of hydrogen-bond acceptors (Lipinski definition) is 2. The third-order valence-electron chi connectivity index (χ3n) is 4.18. The van der Waals surface area contributed by atoms with Gasteiger partial charge in [-0.1, -0.05) is 39.7 Å². The second kappa shape index (κ2) is 8.94. The molecular weight excluding hydrogens is 508 g/mol. The smallest absolute Gasteiger partial charge is 0.317 e. The van der Waals surface area contributed by atoms with Crippen molar-refractivity contribution in [1.82, 2.24) is 9.99 Å². The molecule has 0 atom stereocenters. The lowest BCUT2D eigenvalue weighted by atomic mass is 10.2. The van der Waals surface area contributed by atoms with Crippen LogP contribution in [0.5, 0.6) is 0 Å². The number of benzene rings is 2. The van der Waals surface area contributed by atoms with Crippen molar-refractivity contribution in [3.05, 3.63) is 79.5 Å². The Balaban J connectivity index is 1.77. The second-order valence-electron chi connectivity index (χ2n) is 6.01. The highest BCUT2D eigenvalue weighted by Crippen LogP contribution is 2.30. The predicted molar refractivity (Wildman–Crippen MR) is 122 cm³/mol. The van der Waals surface area contributed by atoms with E-state index in [1.54, 1.807) is 30.5 Å². The average Bonchev–Trinajstić information content (AvgIpc) is 2.88. The molecule has 0 aliphatic heterocycles. The van der Waals surface area contributed by atoms with E-state index >= 15 is 0 Å². The highest BCUT2D eigenvalue weighted by atomic mass is 79.9. The number of carbonyl (C=O) groups excluding carboxylic acids is 1. The van der Waals surface area contributed by atoms with Crippen molar-refractivity contribution in [1.29, 1.82) is 0 Å². The number of nitrogens with one attached hydrogen (secondary N) is 2. The van der Waals surface area contributed by atoms with Gasteiger partial charge in [0, 0.05) is 31.6 Å². The van der Waals surface area contributed by atoms with Gasteiger partial charge in [-0.3, -0.25) is 0 Å². The van der Waals surface area contributed by atoms with Crippen LogP contribution in [0.4, 0.5) is 10.5 Å². The summed E-state index contributed by atoms with van der Waals surface area (Å²) in [4.78, 5) is 12.0. The summed E-state index contributed by atoms with van der Waals surface area (Å²) in [7, 11) is 0. The van der Waals surface area contributed by atoms with Crippen LogP contribution in [0.3, 0.4) is 0 Å². The summed E-state index contributed by atoms with van der Waals surface area (Å²) in [5, 5.41) is 7.19. The maximum Gasteiger partial charge on any atom is 0.339 e. The molecule has 0 radical (unpaired) electrons. The van der Waals surface area contributed by atoms with E-state index in [1.807, 2.05) is 38.1 Å². The van der Waals surface area contributed by atoms with Gasteiger partial charge in [-0.2, -0.15) is 5.10 Å². The molecule has 0 bridgehead atoms. The number of hydrazone groups is 1. The van der Waals surface area contributed by atoms with Crippen molar-refractivity contribution >= 4 is 61.4 Å². The zero-order valence-electron chi connectivity index (χ0n) is 15.1. The molecule has 0 aliphatic carbocycles. The molecule has 0 fully saturated rings. The molecular formula is C20H17Br2ClN4O. The van der Waals surface area contributed by atoms with Gasteiger partial charge in [0.1, 0.15) is 0 Å². The van der Waals surface area contributed by atoms with E-state index in [0.29, 0.717) is 10.7 Å². The van der Waals surface area contributed by atoms with Crippen LogP contribution in [0.1, 0.15) is 17.0 Å². The van der Waals surface area contributed by atoms with Crippen LogP contribution in [0.2, 0.25) is 5.02 Å². The molecule has 2 aromatic carbocycles. The van der Waals surface area contributed by atoms with E-state index in [-0.39, 0.29) is 0 Å². The van der Waals surface area contributed by atoms with Gasteiger partial charge in [-0.15, -0.1) is 0 Å². The van der Waals surface area contributed by atoms with Gasteiger partial charge in [0.25, 0.3) is 0 Å². The molecule has 1 aromatic heterocycles. The van der Waals surface area contributed by atoms with E-state index in [9.17, 15) is 4.79 Å². The third kappa shape index (κ3) is 4.48. The number of rotatable bonds is 4. The molecule has 144 valence electrons. The second-order valence-corrected chi connectivity index (χ2v) is 8.13. The van der Waals surface area contributed by atoms with E-state index in [2.05, 4.69) is 52.3 Å². The van der Waals surface area contributed by atoms with Crippen LogP contribution >= 0.6 is 43.5 Å². The summed E-state index contributed by atoms with van der Waals surface area (Å²) in [5.74, 6) is 0. The largest absolute Gasteiger partial charge is 0.339 e. The van der Waals surface area contributed by atoms with Crippen LogP contribution in [-0.4, -0.2) is 16.8 Å². The molecule has 1 heterocycles. The lowest BCUT2D eigenvalue weighted by Gasteiger charge is -2.09. The fourth-order valence-corrected chi connectivity index (χ4v) is 3.83. The van der Waals surface area contributed by atoms with E-state index in [1.165, 1.54) is 0 Å². The summed E-state index contributed by atoms with van der Waals surface area (Å²) in [6, 6.07) is 14.6. The normalized spacial score (nSPS) is 11.0. The molecule has 5 nitrogen and oxygen atoms in total. The van der Waals surface area contributed by atoms with Gasteiger partial charge in [0.15, 0.2) is 0 Å². The molecule has 0 saturated heterocycles. The Bertz CT molecular complexity index is 1050. The third-order valence-corrected chi connectivity index (χ3v) is 6.04. The monoisotopic (exact) mass is 522 g/mol. The first kappa shape index (κ1) is 20.6. The Kier molecular flexibility index (Phi) is 6.59. The van der Waals surface area contributed by atoms with Crippen molar-refractivity contribution in [3.8, 4) is 5.69 Å². The highest BCUT2D eigenvalue weighted by molar-refractivity contribution is 9.10. The van der Waals surface area contributed by atoms with Gasteiger partial charge < -0.3 is 9.88 Å². The summed E-state index contributed by atoms with van der Waals surface area (Å²) in [5.41, 5.74) is 6.96. The molecule has 3 aromatic rings. The SMILES string of the molecule is Cc1c(Br)c(/C=N/NC(=O)Nc2ccccc2Cl)c(C)n1-c1ccc(Br)cc1. The molecule has 2 amide bonds. The topological polar surface area (TPSA) is 58.4 Å². The first-order chi connectivity index (χ1) is 13.4. The van der Waals surface area contributed by atoms with Gasteiger partial charge in [-0.25, -0.2) is 10.2 Å². The Hall–Kier alpha value is -2.09. The molecule has 0 saturated carbocycles. The first-order valence-electron chi connectivity index (χ1n) is 8.36. The molecule has 0 spiro atoms. The molecule has 28 heavy (non-hydrogen) atoms. The molecule has 3 rings (SSSR count). The average molecular weight is 525 g/mol. The van der Waals surface area contributed by atoms with Crippen molar-refractivity contribution in [2.45, 2.75) is 13.8 Å². The zero-order valence-corrected chi connectivity index (χ0v) is 19.1. The van der Waals surface area contributed by atoms with E-state index in [0.717, 1.165) is 31.6 Å². The quantitative estimate of drug-likeness (QED) is 0.300. The fourth-order valence-electron chi connectivity index (χ4n) is 2.82. The maximum absolute atomic E-state index is 12.0. The molecule has 0 unspecified atom stereocenters. The van der Waals surface area contributed by atoms with Crippen LogP contribution < -0.4 is 10.7 Å². The highest BCUT2D eigenvalue weighted by Gasteiger charge is 2.15. The summed E-state index contributed by atoms with van der Waals surface area (Å²) >= 11 is 13.1. The van der Waals surface area contributed by atoms with E-state index in [4.69, 9.17) is 11.6 Å². The predicted octanol–water partition coefficient (Wildman–Crippen LogP) is 6.43. The van der Waals surface area contributed by atoms with Gasteiger partial charge in [-0.05, 0) is 66.2 Å². The summed E-state index contributed by atoms with van der Waals surface area (Å²) < 4.78 is 4.07. The maximum atomic E-state index is 12.0. The number of carbonyl (C=O) groups is 1. The molecule has 0 aliphatic rings. The number of hydrogen-bond donors (Lipinski definition) is 2. The van der Waals surface area contributed by atoms with Gasteiger partial charge in [0.05, 0.1) is 16.9 Å². The first-order valence-corrected chi connectivity index (χ1v) is 10.3. The van der Waals surface area contributed by atoms with Crippen LogP contribution in [0, 0.1) is 13.8 Å². The number of urea groups is 1. The van der Waals surface area contributed by atoms with Crippen molar-refractivity contribution in [2.24, 2.45) is 5.10 Å². The van der Waals surface area contributed by atoms with Crippen molar-refractivity contribution in [3.63, 3.8) is 0 Å². The number of amides is 2. The zero-order chi connectivity index (χ0) is 20.3. The summed E-state index contributed by atoms with van der Waals surface area (Å²) in [6.07, 6.45) is 1.62. The lowest BCUT2D eigenvalue weighted by molar-refractivity contribution is 0.252. The van der Waals surface area contributed by atoms with E-state index < -0.39 is 6.03 Å². The van der Waals surface area contributed by atoms with Gasteiger partial charge in [0.2, 0.25) is 0 Å². The molecule has 2 N–H and O–H groups in total. The molecule has 8 heteroatoms. The minimum absolute atomic E-state index is 0.461. The Labute approximate surface area is 185 Å². The van der Waals surface area contributed by atoms with Crippen LogP contribution in [0.15, 0.2) is 62.6 Å². The van der Waals surface area contributed by atoms with Crippen LogP contribution in [0.25, 0.3) is 5.69 Å². The number of nitrogens with zero attached hydrogens (tertiary/aromatic N) is 2. The number of halogens is 3. The minimum Gasteiger partial charge on any atom is -0.317 e. The van der Waals surface area contributed by atoms with Crippen molar-refractivity contribution < 1.29 is 4.79 Å². The minimum atomic E-state index is -0.470. The number of aromatic nitrogens is 1. The standard InChI is InChI=1S/C20H17Br2ClN4O/c1-12-16(11-24-26-20(28)25-18-6-4-3-5-17(18)23)19(22)13(2)27(12)15-9-7-14(21)8-10-15/h3-11H,1-2H3,(H2,25,26,28)/b24-11+. The van der Waals surface area contributed by atoms with Crippen LogP contribution in [-0.2, 0) is 0 Å². The number of anilines is 1. The van der Waals surface area contributed by atoms with Crippen molar-refractivity contribution in [2.75, 3.05) is 5.32 Å². The Morgan fingerprint density at radius 2 is 1.75 bits per heavy atom. The summed E-state index contributed by atoms with van der Waals surface area (Å²) in [6.45, 7) is 4.03. The number of para-hydroxylation sites is 1. The Morgan fingerprint density at radius 1 is 1.07 bits per heavy atom. The lowest BCUT2D eigenvalue weighted by Crippen LogP contribution is -2.24. The fraction of sp³-hybridized carbons (Fsp3) is 0.100. The van der Waals surface area contributed by atoms with Gasteiger partial charge >= 0.3 is 6.03 Å².